The molecule has 0 aliphatic carbocycles. The van der Waals surface area contributed by atoms with E-state index in [4.69, 9.17) is 4.74 Å². The van der Waals surface area contributed by atoms with Crippen LogP contribution in [0.3, 0.4) is 0 Å². The molecule has 41 heavy (non-hydrogen) atoms. The standard InChI is InChI=1S/C32H34F3N3O3/c1-22-15-30(28-9-5-6-10-29(28)36-22)37-25-16-24(32(33,34)35)17-27(18-25)41-21-26(39)20-38-13-11-31(40,12-14-38)19-23-7-3-2-4-8-23/h2-10,15-18,26,39-40H,11-14,19-21H2,1H3,(H,36,37)/t26-/m0/s1. The molecule has 9 heteroatoms. The van der Waals surface area contributed by atoms with Crippen molar-refractivity contribution in [3.63, 3.8) is 0 Å². The van der Waals surface area contributed by atoms with E-state index in [1.165, 1.54) is 6.07 Å². The lowest BCUT2D eigenvalue weighted by molar-refractivity contribution is -0.137. The number of likely N-dealkylation sites (tertiary alicyclic amines) is 1. The Morgan fingerprint density at radius 3 is 2.44 bits per heavy atom. The number of pyridine rings is 1. The van der Waals surface area contributed by atoms with Gasteiger partial charge in [-0.05, 0) is 49.6 Å². The number of aliphatic hydroxyl groups is 2. The summed E-state index contributed by atoms with van der Waals surface area (Å²) < 4.78 is 46.9. The Kier molecular flexibility index (Phi) is 8.49. The molecule has 6 nitrogen and oxygen atoms in total. The average Bonchev–Trinajstić information content (AvgIpc) is 2.93. The van der Waals surface area contributed by atoms with Crippen LogP contribution in [0.5, 0.6) is 5.75 Å². The van der Waals surface area contributed by atoms with Crippen LogP contribution in [0.15, 0.2) is 78.9 Å². The molecule has 4 aromatic rings. The summed E-state index contributed by atoms with van der Waals surface area (Å²) in [4.78, 5) is 6.53. The van der Waals surface area contributed by atoms with Gasteiger partial charge in [0.05, 0.1) is 16.7 Å². The van der Waals surface area contributed by atoms with Crippen LogP contribution >= 0.6 is 0 Å². The predicted octanol–water partition coefficient (Wildman–Crippen LogP) is 6.11. The number of aliphatic hydroxyl groups excluding tert-OH is 1. The molecule has 0 saturated carbocycles. The molecule has 0 radical (unpaired) electrons. The number of alkyl halides is 3. The van der Waals surface area contributed by atoms with E-state index in [-0.39, 0.29) is 18.0 Å². The van der Waals surface area contributed by atoms with Crippen LogP contribution in [-0.4, -0.2) is 58.0 Å². The molecule has 1 saturated heterocycles. The molecule has 0 bridgehead atoms. The number of aryl methyl sites for hydroxylation is 1. The van der Waals surface area contributed by atoms with Crippen molar-refractivity contribution in [3.8, 4) is 5.75 Å². The number of anilines is 2. The normalized spacial score (nSPS) is 16.4. The molecule has 1 aromatic heterocycles. The maximum absolute atomic E-state index is 13.7. The minimum absolute atomic E-state index is 0.00680. The van der Waals surface area contributed by atoms with Crippen LogP contribution in [0.4, 0.5) is 24.5 Å². The van der Waals surface area contributed by atoms with Crippen LogP contribution in [0.25, 0.3) is 10.9 Å². The molecule has 0 spiro atoms. The first-order chi connectivity index (χ1) is 19.6. The largest absolute Gasteiger partial charge is 0.491 e. The van der Waals surface area contributed by atoms with E-state index in [1.54, 1.807) is 6.07 Å². The first-order valence-corrected chi connectivity index (χ1v) is 13.7. The van der Waals surface area contributed by atoms with Crippen molar-refractivity contribution >= 4 is 22.3 Å². The predicted molar refractivity (Wildman–Crippen MR) is 153 cm³/mol. The van der Waals surface area contributed by atoms with E-state index in [1.807, 2.05) is 66.4 Å². The number of nitrogens with one attached hydrogen (secondary N) is 1. The Labute approximate surface area is 237 Å². The van der Waals surface area contributed by atoms with Crippen molar-refractivity contribution in [1.29, 1.82) is 0 Å². The van der Waals surface area contributed by atoms with Gasteiger partial charge in [-0.2, -0.15) is 13.2 Å². The van der Waals surface area contributed by atoms with Crippen molar-refractivity contribution in [2.75, 3.05) is 31.6 Å². The van der Waals surface area contributed by atoms with Gasteiger partial charge in [-0.1, -0.05) is 48.5 Å². The second kappa shape index (κ2) is 12.1. The van der Waals surface area contributed by atoms with Crippen LogP contribution in [0.2, 0.25) is 0 Å². The number of fused-ring (bicyclic) bond motifs is 1. The van der Waals surface area contributed by atoms with E-state index in [0.29, 0.717) is 44.6 Å². The Bertz CT molecular complexity index is 1470. The number of benzene rings is 3. The summed E-state index contributed by atoms with van der Waals surface area (Å²) in [5.74, 6) is 0.00680. The number of piperidine rings is 1. The summed E-state index contributed by atoms with van der Waals surface area (Å²) >= 11 is 0. The molecule has 1 aliphatic rings. The second-order valence-corrected chi connectivity index (χ2v) is 10.8. The third-order valence-corrected chi connectivity index (χ3v) is 7.43. The highest BCUT2D eigenvalue weighted by molar-refractivity contribution is 5.93. The summed E-state index contributed by atoms with van der Waals surface area (Å²) in [6.45, 7) is 3.18. The van der Waals surface area contributed by atoms with Gasteiger partial charge in [0, 0.05) is 54.6 Å². The zero-order chi connectivity index (χ0) is 29.0. The highest BCUT2D eigenvalue weighted by Gasteiger charge is 2.33. The number of aromatic nitrogens is 1. The van der Waals surface area contributed by atoms with E-state index < -0.39 is 23.4 Å². The first kappa shape index (κ1) is 28.9. The highest BCUT2D eigenvalue weighted by atomic mass is 19.4. The molecule has 0 amide bonds. The van der Waals surface area contributed by atoms with Crippen molar-refractivity contribution in [1.82, 2.24) is 9.88 Å². The number of β-amino-alcohol motifs (C(OH)–C–C–N with tert-alkyl or cyclic N) is 1. The summed E-state index contributed by atoms with van der Waals surface area (Å²) in [7, 11) is 0. The summed E-state index contributed by atoms with van der Waals surface area (Å²) in [5.41, 5.74) is 1.76. The Morgan fingerprint density at radius 2 is 1.71 bits per heavy atom. The van der Waals surface area contributed by atoms with Gasteiger partial charge in [0.1, 0.15) is 18.5 Å². The van der Waals surface area contributed by atoms with Gasteiger partial charge in [0.2, 0.25) is 0 Å². The number of rotatable bonds is 9. The van der Waals surface area contributed by atoms with Gasteiger partial charge in [-0.3, -0.25) is 4.98 Å². The van der Waals surface area contributed by atoms with E-state index in [2.05, 4.69) is 10.3 Å². The van der Waals surface area contributed by atoms with Gasteiger partial charge in [0.15, 0.2) is 0 Å². The lowest BCUT2D eigenvalue weighted by Gasteiger charge is -2.39. The first-order valence-electron chi connectivity index (χ1n) is 13.7. The molecular weight excluding hydrogens is 531 g/mol. The fourth-order valence-electron chi connectivity index (χ4n) is 5.33. The van der Waals surface area contributed by atoms with Gasteiger partial charge in [-0.25, -0.2) is 0 Å². The number of ether oxygens (including phenoxy) is 1. The average molecular weight is 566 g/mol. The van der Waals surface area contributed by atoms with Crippen LogP contribution in [0, 0.1) is 6.92 Å². The van der Waals surface area contributed by atoms with E-state index in [0.717, 1.165) is 34.3 Å². The number of halogens is 3. The third-order valence-electron chi connectivity index (χ3n) is 7.43. The van der Waals surface area contributed by atoms with E-state index in [9.17, 15) is 23.4 Å². The monoisotopic (exact) mass is 565 g/mol. The molecule has 1 fully saturated rings. The van der Waals surface area contributed by atoms with Gasteiger partial charge >= 0.3 is 6.18 Å². The van der Waals surface area contributed by atoms with Crippen LogP contribution in [-0.2, 0) is 12.6 Å². The summed E-state index contributed by atoms with van der Waals surface area (Å²) in [6, 6.07) is 22.5. The maximum atomic E-state index is 13.7. The van der Waals surface area contributed by atoms with Crippen molar-refractivity contribution in [3.05, 3.63) is 95.7 Å². The van der Waals surface area contributed by atoms with Crippen LogP contribution in [0.1, 0.15) is 29.7 Å². The van der Waals surface area contributed by atoms with Crippen LogP contribution < -0.4 is 10.1 Å². The Balaban J connectivity index is 1.22. The van der Waals surface area contributed by atoms with Crippen molar-refractivity contribution < 1.29 is 28.1 Å². The summed E-state index contributed by atoms with van der Waals surface area (Å²) in [5, 5.41) is 25.5. The molecule has 1 atom stereocenters. The quantitative estimate of drug-likeness (QED) is 0.227. The number of hydrogen-bond donors (Lipinski definition) is 3. The minimum Gasteiger partial charge on any atom is -0.491 e. The SMILES string of the molecule is Cc1cc(Nc2cc(OC[C@@H](O)CN3CCC(O)(Cc4ccccc4)CC3)cc(C(F)(F)F)c2)c2ccccc2n1. The Hall–Kier alpha value is -3.66. The fourth-order valence-corrected chi connectivity index (χ4v) is 5.33. The summed E-state index contributed by atoms with van der Waals surface area (Å²) in [6.07, 6.45) is -3.76. The second-order valence-electron chi connectivity index (χ2n) is 10.8. The molecule has 2 heterocycles. The molecule has 0 unspecified atom stereocenters. The van der Waals surface area contributed by atoms with E-state index >= 15 is 0 Å². The van der Waals surface area contributed by atoms with Gasteiger partial charge in [0.25, 0.3) is 0 Å². The fraction of sp³-hybridized carbons (Fsp3) is 0.344. The molecule has 3 aromatic carbocycles. The molecular formula is C32H34F3N3O3. The van der Waals surface area contributed by atoms with Gasteiger partial charge < -0.3 is 25.2 Å². The lowest BCUT2D eigenvalue weighted by Crippen LogP contribution is -2.48. The zero-order valence-corrected chi connectivity index (χ0v) is 22.9. The number of nitrogens with zero attached hydrogens (tertiary/aromatic N) is 2. The molecule has 1 aliphatic heterocycles. The molecule has 3 N–H and O–H groups in total. The van der Waals surface area contributed by atoms with Crippen molar-refractivity contribution in [2.24, 2.45) is 0 Å². The maximum Gasteiger partial charge on any atom is 0.416 e. The Morgan fingerprint density at radius 1 is 1.00 bits per heavy atom. The number of hydrogen-bond acceptors (Lipinski definition) is 6. The molecule has 216 valence electrons. The third kappa shape index (κ3) is 7.55. The van der Waals surface area contributed by atoms with Crippen molar-refractivity contribution in [2.45, 2.75) is 44.1 Å². The highest BCUT2D eigenvalue weighted by Crippen LogP contribution is 2.36. The topological polar surface area (TPSA) is 77.8 Å². The number of para-hydroxylation sites is 1. The smallest absolute Gasteiger partial charge is 0.416 e. The lowest BCUT2D eigenvalue weighted by atomic mass is 9.85. The molecule has 5 rings (SSSR count). The zero-order valence-electron chi connectivity index (χ0n) is 22.9. The van der Waals surface area contributed by atoms with Gasteiger partial charge in [-0.15, -0.1) is 0 Å². The minimum atomic E-state index is -4.57.